The quantitative estimate of drug-likeness (QED) is 0.725. The molecule has 2 nitrogen and oxygen atoms in total. The number of piperidine rings is 2. The van der Waals surface area contributed by atoms with Gasteiger partial charge in [-0.25, -0.2) is 0 Å². The molecule has 0 amide bonds. The van der Waals surface area contributed by atoms with Gasteiger partial charge in [0.05, 0.1) is 0 Å². The summed E-state index contributed by atoms with van der Waals surface area (Å²) in [5.41, 5.74) is 5.83. The van der Waals surface area contributed by atoms with E-state index in [0.717, 1.165) is 30.6 Å². The van der Waals surface area contributed by atoms with Gasteiger partial charge in [0, 0.05) is 18.1 Å². The van der Waals surface area contributed by atoms with E-state index in [-0.39, 0.29) is 0 Å². The summed E-state index contributed by atoms with van der Waals surface area (Å²) in [5, 5.41) is 0. The summed E-state index contributed by atoms with van der Waals surface area (Å²) in [5.74, 6) is 0.834. The molecule has 1 saturated carbocycles. The molecule has 0 unspecified atom stereocenters. The molecule has 0 aromatic carbocycles. The molecule has 2 aliphatic heterocycles. The van der Waals surface area contributed by atoms with Crippen LogP contribution in [0.5, 0.6) is 0 Å². The predicted molar refractivity (Wildman–Crippen MR) is 58.1 cm³/mol. The summed E-state index contributed by atoms with van der Waals surface area (Å²) in [7, 11) is 0. The Morgan fingerprint density at radius 1 is 0.929 bits per heavy atom. The number of nitrogens with two attached hydrogens (primary N) is 1. The van der Waals surface area contributed by atoms with Crippen LogP contribution in [0.2, 0.25) is 0 Å². The third-order valence-corrected chi connectivity index (χ3v) is 4.43. The molecule has 14 heavy (non-hydrogen) atoms. The Labute approximate surface area is 86.8 Å². The Morgan fingerprint density at radius 2 is 1.57 bits per heavy atom. The van der Waals surface area contributed by atoms with E-state index in [0.29, 0.717) is 0 Å². The predicted octanol–water partition coefficient (Wildman–Crippen LogP) is 1.74. The lowest BCUT2D eigenvalue weighted by atomic mass is 9.78. The van der Waals surface area contributed by atoms with E-state index in [9.17, 15) is 0 Å². The molecule has 0 aromatic rings. The topological polar surface area (TPSA) is 29.3 Å². The summed E-state index contributed by atoms with van der Waals surface area (Å²) in [6.07, 6.45) is 10.1. The molecular weight excluding hydrogens is 172 g/mol. The van der Waals surface area contributed by atoms with Gasteiger partial charge in [-0.15, -0.1) is 0 Å². The van der Waals surface area contributed by atoms with E-state index in [1.807, 2.05) is 0 Å². The third kappa shape index (κ3) is 1.49. The highest BCUT2D eigenvalue weighted by molar-refractivity contribution is 4.99. The Balaban J connectivity index is 1.74. The minimum absolute atomic E-state index is 0.834. The second kappa shape index (κ2) is 3.49. The highest BCUT2D eigenvalue weighted by atomic mass is 15.3. The molecular formula is C12H22N2. The smallest absolute Gasteiger partial charge is 0.0104 e. The number of rotatable bonds is 2. The number of hydrogen-bond donors (Lipinski definition) is 1. The van der Waals surface area contributed by atoms with Crippen LogP contribution in [0.3, 0.4) is 0 Å². The summed E-state index contributed by atoms with van der Waals surface area (Å²) in [4.78, 5) is 2.87. The zero-order valence-corrected chi connectivity index (χ0v) is 8.99. The molecule has 3 aliphatic rings. The molecule has 80 valence electrons. The van der Waals surface area contributed by atoms with Gasteiger partial charge in [0.15, 0.2) is 0 Å². The largest absolute Gasteiger partial charge is 0.330 e. The van der Waals surface area contributed by atoms with Crippen molar-refractivity contribution >= 4 is 0 Å². The van der Waals surface area contributed by atoms with Gasteiger partial charge in [0.25, 0.3) is 0 Å². The molecule has 2 heterocycles. The van der Waals surface area contributed by atoms with Crippen LogP contribution in [0.4, 0.5) is 0 Å². The molecule has 1 aliphatic carbocycles. The lowest BCUT2D eigenvalue weighted by molar-refractivity contribution is 0.00869. The summed E-state index contributed by atoms with van der Waals surface area (Å²) in [6, 6.07) is 2.79. The Morgan fingerprint density at radius 3 is 2.07 bits per heavy atom. The summed E-state index contributed by atoms with van der Waals surface area (Å²) < 4.78 is 0. The van der Waals surface area contributed by atoms with Crippen LogP contribution in [0.1, 0.15) is 44.9 Å². The maximum Gasteiger partial charge on any atom is 0.0104 e. The van der Waals surface area contributed by atoms with Crippen molar-refractivity contribution in [2.75, 3.05) is 6.54 Å². The van der Waals surface area contributed by atoms with E-state index < -0.39 is 0 Å². The second-order valence-corrected chi connectivity index (χ2v) is 5.49. The molecule has 2 N–H and O–H groups in total. The highest BCUT2D eigenvalue weighted by Crippen LogP contribution is 2.43. The fourth-order valence-electron chi connectivity index (χ4n) is 3.69. The molecule has 3 rings (SSSR count). The molecule has 2 atom stereocenters. The Bertz CT molecular complexity index is 198. The van der Waals surface area contributed by atoms with E-state index in [4.69, 9.17) is 5.73 Å². The van der Waals surface area contributed by atoms with Crippen LogP contribution in [0, 0.1) is 5.92 Å². The third-order valence-electron chi connectivity index (χ3n) is 4.43. The second-order valence-electron chi connectivity index (χ2n) is 5.49. The fourth-order valence-corrected chi connectivity index (χ4v) is 3.69. The van der Waals surface area contributed by atoms with Crippen molar-refractivity contribution in [1.29, 1.82) is 0 Å². The lowest BCUT2D eigenvalue weighted by Gasteiger charge is -2.49. The first-order valence-electron chi connectivity index (χ1n) is 6.36. The SMILES string of the molecule is NCC1C[C@@H]2CCC[C@@H](C1)N2C1CC1. The zero-order valence-electron chi connectivity index (χ0n) is 8.99. The lowest BCUT2D eigenvalue weighted by Crippen LogP contribution is -2.53. The minimum Gasteiger partial charge on any atom is -0.330 e. The zero-order chi connectivity index (χ0) is 9.54. The van der Waals surface area contributed by atoms with Crippen LogP contribution in [0.25, 0.3) is 0 Å². The van der Waals surface area contributed by atoms with Crippen molar-refractivity contribution < 1.29 is 0 Å². The van der Waals surface area contributed by atoms with Crippen molar-refractivity contribution in [2.24, 2.45) is 11.7 Å². The molecule has 2 bridgehead atoms. The number of fused-ring (bicyclic) bond motifs is 2. The Kier molecular flexibility index (Phi) is 2.29. The van der Waals surface area contributed by atoms with Crippen molar-refractivity contribution in [3.63, 3.8) is 0 Å². The van der Waals surface area contributed by atoms with Crippen molar-refractivity contribution in [2.45, 2.75) is 63.1 Å². The number of nitrogens with zero attached hydrogens (tertiary/aromatic N) is 1. The van der Waals surface area contributed by atoms with Gasteiger partial charge in [-0.05, 0) is 51.0 Å². The summed E-state index contributed by atoms with van der Waals surface area (Å²) in [6.45, 7) is 0.922. The first-order valence-corrected chi connectivity index (χ1v) is 6.36. The van der Waals surface area contributed by atoms with Crippen molar-refractivity contribution in [3.05, 3.63) is 0 Å². The van der Waals surface area contributed by atoms with E-state index in [1.54, 1.807) is 0 Å². The molecule has 2 saturated heterocycles. The van der Waals surface area contributed by atoms with Gasteiger partial charge in [0.2, 0.25) is 0 Å². The van der Waals surface area contributed by atoms with Gasteiger partial charge >= 0.3 is 0 Å². The van der Waals surface area contributed by atoms with Crippen LogP contribution in [-0.2, 0) is 0 Å². The number of hydrogen-bond acceptors (Lipinski definition) is 2. The first kappa shape index (κ1) is 9.17. The summed E-state index contributed by atoms with van der Waals surface area (Å²) >= 11 is 0. The molecule has 3 fully saturated rings. The molecule has 0 aromatic heterocycles. The van der Waals surface area contributed by atoms with Gasteiger partial charge < -0.3 is 5.73 Å². The average molecular weight is 194 g/mol. The highest BCUT2D eigenvalue weighted by Gasteiger charge is 2.44. The van der Waals surface area contributed by atoms with Crippen LogP contribution in [0.15, 0.2) is 0 Å². The standard InChI is InChI=1S/C12H22N2/c13-8-9-6-11-2-1-3-12(7-9)14(11)10-4-5-10/h9-12H,1-8,13H2/t11-,12-/m0/s1. The van der Waals surface area contributed by atoms with Crippen LogP contribution in [-0.4, -0.2) is 29.6 Å². The van der Waals surface area contributed by atoms with Gasteiger partial charge in [-0.2, -0.15) is 0 Å². The van der Waals surface area contributed by atoms with Gasteiger partial charge in [-0.1, -0.05) is 6.42 Å². The van der Waals surface area contributed by atoms with Crippen LogP contribution < -0.4 is 5.73 Å². The maximum atomic E-state index is 5.83. The van der Waals surface area contributed by atoms with E-state index in [1.165, 1.54) is 44.9 Å². The molecule has 2 heteroatoms. The van der Waals surface area contributed by atoms with E-state index in [2.05, 4.69) is 4.90 Å². The molecule has 0 radical (unpaired) electrons. The Hall–Kier alpha value is -0.0800. The van der Waals surface area contributed by atoms with E-state index >= 15 is 0 Å². The van der Waals surface area contributed by atoms with Crippen LogP contribution >= 0.6 is 0 Å². The monoisotopic (exact) mass is 194 g/mol. The maximum absolute atomic E-state index is 5.83. The van der Waals surface area contributed by atoms with Crippen molar-refractivity contribution in [3.8, 4) is 0 Å². The van der Waals surface area contributed by atoms with Crippen molar-refractivity contribution in [1.82, 2.24) is 4.90 Å². The average Bonchev–Trinajstić information content (AvgIpc) is 2.99. The normalized spacial score (nSPS) is 43.9. The first-order chi connectivity index (χ1) is 6.88. The van der Waals surface area contributed by atoms with Gasteiger partial charge in [-0.3, -0.25) is 4.90 Å². The fraction of sp³-hybridized carbons (Fsp3) is 1.00. The van der Waals surface area contributed by atoms with Gasteiger partial charge in [0.1, 0.15) is 0 Å². The molecule has 0 spiro atoms. The minimum atomic E-state index is 0.834.